The molecule has 1 aliphatic carbocycles. The van der Waals surface area contributed by atoms with Gasteiger partial charge in [0.15, 0.2) is 0 Å². The summed E-state index contributed by atoms with van der Waals surface area (Å²) in [6.45, 7) is 0. The highest BCUT2D eigenvalue weighted by Gasteiger charge is 2.41. The molecule has 1 fully saturated rings. The van der Waals surface area contributed by atoms with Crippen LogP contribution in [0.15, 0.2) is 29.2 Å². The molecule has 2 N–H and O–H groups in total. The number of aliphatic carboxylic acids is 1. The number of carbonyl (C=O) groups is 1. The zero-order valence-electron chi connectivity index (χ0n) is 12.2. The number of rotatable bonds is 5. The van der Waals surface area contributed by atoms with Crippen LogP contribution in [-0.4, -0.2) is 43.4 Å². The quantitative estimate of drug-likeness (QED) is 0.865. The zero-order valence-corrected chi connectivity index (χ0v) is 13.0. The molecule has 1 aliphatic rings. The summed E-state index contributed by atoms with van der Waals surface area (Å²) in [6, 6.07) is 6.20. The lowest BCUT2D eigenvalue weighted by Crippen LogP contribution is -2.43. The van der Waals surface area contributed by atoms with Gasteiger partial charge in [-0.05, 0) is 37.1 Å². The van der Waals surface area contributed by atoms with Crippen LogP contribution in [0.1, 0.15) is 25.7 Å². The van der Waals surface area contributed by atoms with Crippen molar-refractivity contribution in [1.82, 2.24) is 4.31 Å². The topological polar surface area (TPSA) is 86.7 Å². The summed E-state index contributed by atoms with van der Waals surface area (Å²) < 4.78 is 25.1. The van der Waals surface area contributed by atoms with Crippen LogP contribution in [0, 0.1) is 0 Å². The van der Waals surface area contributed by atoms with Crippen molar-refractivity contribution >= 4 is 21.7 Å². The van der Waals surface area contributed by atoms with E-state index in [0.29, 0.717) is 18.5 Å². The van der Waals surface area contributed by atoms with Crippen molar-refractivity contribution in [2.75, 3.05) is 19.4 Å². The number of carboxylic acid groups (broad SMARTS) is 1. The maximum absolute atomic E-state index is 12.0. The molecule has 0 aromatic heterocycles. The van der Waals surface area contributed by atoms with Gasteiger partial charge in [0.2, 0.25) is 10.0 Å². The summed E-state index contributed by atoms with van der Waals surface area (Å²) in [7, 11) is -0.520. The van der Waals surface area contributed by atoms with Gasteiger partial charge in [-0.15, -0.1) is 0 Å². The molecule has 0 aliphatic heterocycles. The molecule has 0 heterocycles. The Morgan fingerprint density at radius 2 is 1.71 bits per heavy atom. The van der Waals surface area contributed by atoms with Crippen molar-refractivity contribution in [3.05, 3.63) is 24.3 Å². The molecule has 0 atom stereocenters. The van der Waals surface area contributed by atoms with E-state index in [1.807, 2.05) is 0 Å². The molecule has 6 nitrogen and oxygen atoms in total. The van der Waals surface area contributed by atoms with E-state index in [2.05, 4.69) is 5.32 Å². The number of nitrogens with one attached hydrogen (secondary N) is 1. The first kappa shape index (κ1) is 15.8. The van der Waals surface area contributed by atoms with Gasteiger partial charge in [-0.25, -0.2) is 17.5 Å². The summed E-state index contributed by atoms with van der Waals surface area (Å²) in [5.41, 5.74) is -0.306. The second-order valence-corrected chi connectivity index (χ2v) is 7.68. The van der Waals surface area contributed by atoms with Gasteiger partial charge in [-0.1, -0.05) is 12.8 Å². The minimum Gasteiger partial charge on any atom is -0.480 e. The maximum Gasteiger partial charge on any atom is 0.329 e. The SMILES string of the molecule is CN(C)S(=O)(=O)c1ccc(NC2(C(=O)O)CCCC2)cc1. The van der Waals surface area contributed by atoms with Gasteiger partial charge in [0.25, 0.3) is 0 Å². The second kappa shape index (κ2) is 5.65. The van der Waals surface area contributed by atoms with Crippen LogP contribution in [0.5, 0.6) is 0 Å². The first-order valence-electron chi connectivity index (χ1n) is 6.82. The van der Waals surface area contributed by atoms with Crippen LogP contribution in [0.4, 0.5) is 5.69 Å². The molecule has 0 radical (unpaired) electrons. The third-order valence-electron chi connectivity index (χ3n) is 3.88. The van der Waals surface area contributed by atoms with Gasteiger partial charge in [0.1, 0.15) is 5.54 Å². The summed E-state index contributed by atoms with van der Waals surface area (Å²) >= 11 is 0. The Morgan fingerprint density at radius 3 is 2.14 bits per heavy atom. The molecule has 2 rings (SSSR count). The standard InChI is InChI=1S/C14H20N2O4S/c1-16(2)21(19,20)12-7-5-11(6-8-12)15-14(13(17)18)9-3-4-10-14/h5-8,15H,3-4,9-10H2,1-2H3,(H,17,18). The molecule has 0 amide bonds. The van der Waals surface area contributed by atoms with Crippen LogP contribution < -0.4 is 5.32 Å². The van der Waals surface area contributed by atoms with Gasteiger partial charge in [-0.3, -0.25) is 0 Å². The van der Waals surface area contributed by atoms with Crippen LogP contribution in [0.2, 0.25) is 0 Å². The van der Waals surface area contributed by atoms with Gasteiger partial charge < -0.3 is 10.4 Å². The van der Waals surface area contributed by atoms with E-state index in [9.17, 15) is 18.3 Å². The van der Waals surface area contributed by atoms with Crippen molar-refractivity contribution in [1.29, 1.82) is 0 Å². The van der Waals surface area contributed by atoms with E-state index >= 15 is 0 Å². The number of sulfonamides is 1. The lowest BCUT2D eigenvalue weighted by Gasteiger charge is -2.26. The smallest absolute Gasteiger partial charge is 0.329 e. The molecular weight excluding hydrogens is 292 g/mol. The largest absolute Gasteiger partial charge is 0.480 e. The van der Waals surface area contributed by atoms with Gasteiger partial charge in [-0.2, -0.15) is 0 Å². The molecule has 21 heavy (non-hydrogen) atoms. The Balaban J connectivity index is 2.22. The Hall–Kier alpha value is -1.60. The predicted octanol–water partition coefficient (Wildman–Crippen LogP) is 1.75. The Kier molecular flexibility index (Phi) is 4.25. The Morgan fingerprint density at radius 1 is 1.19 bits per heavy atom. The molecule has 0 saturated heterocycles. The van der Waals surface area contributed by atoms with Gasteiger partial charge in [0, 0.05) is 19.8 Å². The highest BCUT2D eigenvalue weighted by molar-refractivity contribution is 7.89. The van der Waals surface area contributed by atoms with E-state index < -0.39 is 21.5 Å². The van der Waals surface area contributed by atoms with Crippen molar-refractivity contribution in [2.24, 2.45) is 0 Å². The predicted molar refractivity (Wildman–Crippen MR) is 79.8 cm³/mol. The molecule has 0 unspecified atom stereocenters. The molecular formula is C14H20N2O4S. The van der Waals surface area contributed by atoms with E-state index in [4.69, 9.17) is 0 Å². The number of carboxylic acids is 1. The number of hydrogen-bond acceptors (Lipinski definition) is 4. The molecule has 0 spiro atoms. The third kappa shape index (κ3) is 3.03. The Labute approximate surface area is 124 Å². The van der Waals surface area contributed by atoms with Gasteiger partial charge in [0.05, 0.1) is 4.90 Å². The second-order valence-electron chi connectivity index (χ2n) is 5.53. The van der Waals surface area contributed by atoms with E-state index in [1.165, 1.54) is 26.2 Å². The van der Waals surface area contributed by atoms with Crippen LogP contribution in [0.25, 0.3) is 0 Å². The fraction of sp³-hybridized carbons (Fsp3) is 0.500. The van der Waals surface area contributed by atoms with Crippen molar-refractivity contribution in [3.8, 4) is 0 Å². The van der Waals surface area contributed by atoms with Crippen LogP contribution in [-0.2, 0) is 14.8 Å². The van der Waals surface area contributed by atoms with Gasteiger partial charge >= 0.3 is 5.97 Å². The first-order chi connectivity index (χ1) is 9.78. The lowest BCUT2D eigenvalue weighted by atomic mass is 9.97. The summed E-state index contributed by atoms with van der Waals surface area (Å²) in [5.74, 6) is -0.856. The molecule has 1 aromatic rings. The number of hydrogen-bond donors (Lipinski definition) is 2. The summed E-state index contributed by atoms with van der Waals surface area (Å²) in [4.78, 5) is 11.7. The molecule has 1 aromatic carbocycles. The van der Waals surface area contributed by atoms with Crippen molar-refractivity contribution < 1.29 is 18.3 Å². The monoisotopic (exact) mass is 312 g/mol. The Bertz CT molecular complexity index is 617. The van der Waals surface area contributed by atoms with Crippen molar-refractivity contribution in [2.45, 2.75) is 36.1 Å². The minimum atomic E-state index is -3.46. The first-order valence-corrected chi connectivity index (χ1v) is 8.26. The molecule has 7 heteroatoms. The molecule has 116 valence electrons. The van der Waals surface area contributed by atoms with E-state index in [1.54, 1.807) is 12.1 Å². The normalized spacial score (nSPS) is 17.9. The summed E-state index contributed by atoms with van der Waals surface area (Å²) in [6.07, 6.45) is 2.93. The lowest BCUT2D eigenvalue weighted by molar-refractivity contribution is -0.142. The highest BCUT2D eigenvalue weighted by Crippen LogP contribution is 2.33. The number of anilines is 1. The number of benzene rings is 1. The zero-order chi connectivity index (χ0) is 15.7. The fourth-order valence-corrected chi connectivity index (χ4v) is 3.47. The third-order valence-corrected chi connectivity index (χ3v) is 5.71. The molecule has 0 bridgehead atoms. The highest BCUT2D eigenvalue weighted by atomic mass is 32.2. The average molecular weight is 312 g/mol. The molecule has 1 saturated carbocycles. The van der Waals surface area contributed by atoms with Crippen molar-refractivity contribution in [3.63, 3.8) is 0 Å². The van der Waals surface area contributed by atoms with E-state index in [0.717, 1.165) is 17.1 Å². The average Bonchev–Trinajstić information content (AvgIpc) is 2.89. The van der Waals surface area contributed by atoms with Crippen LogP contribution >= 0.6 is 0 Å². The number of nitrogens with zero attached hydrogens (tertiary/aromatic N) is 1. The minimum absolute atomic E-state index is 0.189. The summed E-state index contributed by atoms with van der Waals surface area (Å²) in [5, 5.41) is 12.5. The maximum atomic E-state index is 12.0. The van der Waals surface area contributed by atoms with E-state index in [-0.39, 0.29) is 4.90 Å². The fourth-order valence-electron chi connectivity index (χ4n) is 2.57. The van der Waals surface area contributed by atoms with Crippen LogP contribution in [0.3, 0.4) is 0 Å².